The number of ketones is 1. The monoisotopic (exact) mass is 261 g/mol. The predicted octanol–water partition coefficient (Wildman–Crippen LogP) is 1.12. The fourth-order valence-corrected chi connectivity index (χ4v) is 1.26. The summed E-state index contributed by atoms with van der Waals surface area (Å²) in [6, 6.07) is 3.73. The van der Waals surface area contributed by atoms with Crippen LogP contribution >= 0.6 is 0 Å². The van der Waals surface area contributed by atoms with Crippen LogP contribution in [-0.4, -0.2) is 22.9 Å². The number of halogens is 3. The second-order valence-electron chi connectivity index (χ2n) is 3.62. The first-order chi connectivity index (χ1) is 8.21. The van der Waals surface area contributed by atoms with E-state index in [1.807, 2.05) is 0 Å². The zero-order valence-corrected chi connectivity index (χ0v) is 9.07. The highest BCUT2D eigenvalue weighted by Gasteiger charge is 2.31. The third kappa shape index (κ3) is 3.56. The molecule has 0 aliphatic carbocycles. The highest BCUT2D eigenvalue weighted by molar-refractivity contribution is 5.99. The maximum absolute atomic E-state index is 12.4. The van der Waals surface area contributed by atoms with Crippen LogP contribution in [0.1, 0.15) is 22.3 Å². The van der Waals surface area contributed by atoms with E-state index < -0.39 is 36.0 Å². The van der Waals surface area contributed by atoms with Gasteiger partial charge in [0.05, 0.1) is 5.56 Å². The van der Waals surface area contributed by atoms with Crippen molar-refractivity contribution in [1.82, 2.24) is 0 Å². The molecule has 0 saturated heterocycles. The lowest BCUT2D eigenvalue weighted by Crippen LogP contribution is -2.30. The minimum absolute atomic E-state index is 0.231. The number of hydrogen-bond donors (Lipinski definition) is 2. The van der Waals surface area contributed by atoms with E-state index in [0.29, 0.717) is 6.07 Å². The van der Waals surface area contributed by atoms with E-state index >= 15 is 0 Å². The molecule has 0 heterocycles. The summed E-state index contributed by atoms with van der Waals surface area (Å²) in [5.41, 5.74) is 3.54. The van der Waals surface area contributed by atoms with Crippen LogP contribution in [0.2, 0.25) is 0 Å². The summed E-state index contributed by atoms with van der Waals surface area (Å²) in [5.74, 6) is -1.89. The first kappa shape index (κ1) is 14.2. The molecule has 18 heavy (non-hydrogen) atoms. The molecule has 0 fully saturated rings. The molecule has 1 aromatic rings. The van der Waals surface area contributed by atoms with E-state index in [1.54, 1.807) is 0 Å². The summed E-state index contributed by atoms with van der Waals surface area (Å²) in [6.45, 7) is 0. The zero-order chi connectivity index (χ0) is 13.9. The first-order valence-electron chi connectivity index (χ1n) is 4.89. The summed E-state index contributed by atoms with van der Waals surface area (Å²) >= 11 is 0. The van der Waals surface area contributed by atoms with E-state index in [0.717, 1.165) is 12.1 Å². The third-order valence-corrected chi connectivity index (χ3v) is 2.22. The number of rotatable bonds is 4. The van der Waals surface area contributed by atoms with E-state index in [-0.39, 0.29) is 5.56 Å². The summed E-state index contributed by atoms with van der Waals surface area (Å²) < 4.78 is 37.2. The number of aliphatic hydroxyl groups is 1. The fraction of sp³-hybridized carbons (Fsp3) is 0.273. The van der Waals surface area contributed by atoms with Crippen LogP contribution in [-0.2, 0) is 11.0 Å². The van der Waals surface area contributed by atoms with Crippen LogP contribution in [0, 0.1) is 0 Å². The van der Waals surface area contributed by atoms with Gasteiger partial charge in [-0.3, -0.25) is 9.59 Å². The van der Waals surface area contributed by atoms with Crippen molar-refractivity contribution in [3.05, 3.63) is 35.4 Å². The lowest BCUT2D eigenvalue weighted by molar-refractivity contribution is -0.137. The van der Waals surface area contributed by atoms with Crippen molar-refractivity contribution < 1.29 is 27.9 Å². The van der Waals surface area contributed by atoms with E-state index in [2.05, 4.69) is 0 Å². The topological polar surface area (TPSA) is 80.4 Å². The van der Waals surface area contributed by atoms with Crippen LogP contribution in [0.5, 0.6) is 0 Å². The van der Waals surface area contributed by atoms with Crippen LogP contribution in [0.4, 0.5) is 13.2 Å². The number of hydrogen-bond acceptors (Lipinski definition) is 3. The van der Waals surface area contributed by atoms with Crippen LogP contribution in [0.3, 0.4) is 0 Å². The molecule has 0 aliphatic heterocycles. The Bertz CT molecular complexity index is 471. The zero-order valence-electron chi connectivity index (χ0n) is 9.07. The standard InChI is InChI=1S/C11H10F3NO3/c12-11(13,14)7-3-1-2-6(4-7)8(16)5-9(17)10(15)18/h1-4,9,17H,5H2,(H2,15,18). The Balaban J connectivity index is 2.91. The summed E-state index contributed by atoms with van der Waals surface area (Å²) in [7, 11) is 0. The Morgan fingerprint density at radius 2 is 1.94 bits per heavy atom. The van der Waals surface area contributed by atoms with Gasteiger partial charge in [0.1, 0.15) is 6.10 Å². The van der Waals surface area contributed by atoms with Crippen LogP contribution < -0.4 is 5.73 Å². The predicted molar refractivity (Wildman–Crippen MR) is 55.6 cm³/mol. The molecule has 0 spiro atoms. The van der Waals surface area contributed by atoms with E-state index in [9.17, 15) is 22.8 Å². The van der Waals surface area contributed by atoms with E-state index in [4.69, 9.17) is 10.8 Å². The number of Topliss-reactive ketones (excluding diaryl/α,β-unsaturated/α-hetero) is 1. The smallest absolute Gasteiger partial charge is 0.383 e. The Hall–Kier alpha value is -1.89. The third-order valence-electron chi connectivity index (χ3n) is 2.22. The maximum Gasteiger partial charge on any atom is 0.416 e. The largest absolute Gasteiger partial charge is 0.416 e. The van der Waals surface area contributed by atoms with Gasteiger partial charge in [0.15, 0.2) is 5.78 Å². The average molecular weight is 261 g/mol. The minimum Gasteiger partial charge on any atom is -0.383 e. The van der Waals surface area contributed by atoms with Gasteiger partial charge in [0, 0.05) is 12.0 Å². The molecule has 1 aromatic carbocycles. The second-order valence-corrected chi connectivity index (χ2v) is 3.62. The normalized spacial score (nSPS) is 13.1. The highest BCUT2D eigenvalue weighted by atomic mass is 19.4. The van der Waals surface area contributed by atoms with Gasteiger partial charge < -0.3 is 10.8 Å². The number of carbonyl (C=O) groups is 2. The molecule has 98 valence electrons. The van der Waals surface area contributed by atoms with Crippen molar-refractivity contribution in [2.75, 3.05) is 0 Å². The molecule has 7 heteroatoms. The molecule has 1 unspecified atom stereocenters. The highest BCUT2D eigenvalue weighted by Crippen LogP contribution is 2.29. The van der Waals surface area contributed by atoms with Gasteiger partial charge in [-0.1, -0.05) is 12.1 Å². The Kier molecular flexibility index (Phi) is 4.07. The lowest BCUT2D eigenvalue weighted by Gasteiger charge is -2.09. The number of carbonyl (C=O) groups excluding carboxylic acids is 2. The van der Waals surface area contributed by atoms with Gasteiger partial charge in [0.25, 0.3) is 0 Å². The van der Waals surface area contributed by atoms with Gasteiger partial charge in [-0.15, -0.1) is 0 Å². The van der Waals surface area contributed by atoms with Gasteiger partial charge in [-0.05, 0) is 12.1 Å². The Morgan fingerprint density at radius 1 is 1.33 bits per heavy atom. The Morgan fingerprint density at radius 3 is 2.44 bits per heavy atom. The van der Waals surface area contributed by atoms with Crippen molar-refractivity contribution in [2.45, 2.75) is 18.7 Å². The molecule has 0 aromatic heterocycles. The lowest BCUT2D eigenvalue weighted by atomic mass is 10.0. The van der Waals surface area contributed by atoms with Gasteiger partial charge in [-0.2, -0.15) is 13.2 Å². The van der Waals surface area contributed by atoms with E-state index in [1.165, 1.54) is 6.07 Å². The quantitative estimate of drug-likeness (QED) is 0.797. The number of benzene rings is 1. The van der Waals surface area contributed by atoms with Crippen molar-refractivity contribution in [3.8, 4) is 0 Å². The summed E-state index contributed by atoms with van der Waals surface area (Å²) in [4.78, 5) is 22.0. The van der Waals surface area contributed by atoms with Crippen molar-refractivity contribution >= 4 is 11.7 Å². The van der Waals surface area contributed by atoms with Gasteiger partial charge in [-0.25, -0.2) is 0 Å². The second kappa shape index (κ2) is 5.18. The molecule has 0 bridgehead atoms. The average Bonchev–Trinajstić information content (AvgIpc) is 2.27. The Labute approximate surface area is 100 Å². The van der Waals surface area contributed by atoms with Crippen molar-refractivity contribution in [3.63, 3.8) is 0 Å². The fourth-order valence-electron chi connectivity index (χ4n) is 1.26. The molecule has 1 rings (SSSR count). The molecule has 1 amide bonds. The number of alkyl halides is 3. The summed E-state index contributed by atoms with van der Waals surface area (Å²) in [6.07, 6.45) is -6.90. The van der Waals surface area contributed by atoms with Gasteiger partial charge >= 0.3 is 6.18 Å². The van der Waals surface area contributed by atoms with Gasteiger partial charge in [0.2, 0.25) is 5.91 Å². The molecule has 4 nitrogen and oxygen atoms in total. The van der Waals surface area contributed by atoms with Crippen LogP contribution in [0.15, 0.2) is 24.3 Å². The molecule has 0 radical (unpaired) electrons. The molecular formula is C11H10F3NO3. The minimum atomic E-state index is -4.56. The number of aliphatic hydroxyl groups excluding tert-OH is 1. The molecule has 3 N–H and O–H groups in total. The molecule has 1 atom stereocenters. The number of nitrogens with two attached hydrogens (primary N) is 1. The number of amides is 1. The molecular weight excluding hydrogens is 251 g/mol. The first-order valence-corrected chi connectivity index (χ1v) is 4.89. The summed E-state index contributed by atoms with van der Waals surface area (Å²) in [5, 5.41) is 9.07. The van der Waals surface area contributed by atoms with Crippen molar-refractivity contribution in [2.24, 2.45) is 5.73 Å². The van der Waals surface area contributed by atoms with Crippen LogP contribution in [0.25, 0.3) is 0 Å². The maximum atomic E-state index is 12.4. The number of primary amides is 1. The molecule has 0 saturated carbocycles. The SMILES string of the molecule is NC(=O)C(O)CC(=O)c1cccc(C(F)(F)F)c1. The molecule has 0 aliphatic rings. The van der Waals surface area contributed by atoms with Crippen molar-refractivity contribution in [1.29, 1.82) is 0 Å².